The van der Waals surface area contributed by atoms with E-state index >= 15 is 0 Å². The van der Waals surface area contributed by atoms with Gasteiger partial charge in [0.05, 0.1) is 0 Å². The molecule has 2 nitrogen and oxygen atoms in total. The van der Waals surface area contributed by atoms with E-state index in [1.807, 2.05) is 0 Å². The molecule has 0 aromatic heterocycles. The predicted octanol–water partition coefficient (Wildman–Crippen LogP) is 3.45. The summed E-state index contributed by atoms with van der Waals surface area (Å²) >= 11 is 0. The molecule has 1 aromatic carbocycles. The number of hydrogen-bond acceptors (Lipinski definition) is 2. The van der Waals surface area contributed by atoms with Crippen LogP contribution >= 0.6 is 0 Å². The molecule has 1 N–H and O–H groups in total. The van der Waals surface area contributed by atoms with Gasteiger partial charge in [-0.2, -0.15) is 0 Å². The van der Waals surface area contributed by atoms with Crippen molar-refractivity contribution in [3.63, 3.8) is 0 Å². The average Bonchev–Trinajstić information content (AvgIpc) is 2.36. The third kappa shape index (κ3) is 7.34. The van der Waals surface area contributed by atoms with Crippen molar-refractivity contribution in [2.24, 2.45) is 5.92 Å². The number of nitrogens with zero attached hydrogens (tertiary/aromatic N) is 1. The van der Waals surface area contributed by atoms with E-state index in [4.69, 9.17) is 0 Å². The second kappa shape index (κ2) is 9.11. The van der Waals surface area contributed by atoms with Crippen LogP contribution < -0.4 is 5.32 Å². The van der Waals surface area contributed by atoms with E-state index in [0.29, 0.717) is 0 Å². The second-order valence-electron chi connectivity index (χ2n) is 5.95. The number of hydrogen-bond donors (Lipinski definition) is 1. The van der Waals surface area contributed by atoms with E-state index in [1.165, 1.54) is 24.0 Å². The van der Waals surface area contributed by atoms with Crippen molar-refractivity contribution < 1.29 is 0 Å². The Morgan fingerprint density at radius 2 is 1.89 bits per heavy atom. The number of likely N-dealkylation sites (N-methyl/N-ethyl adjacent to an activating group) is 1. The molecule has 0 heterocycles. The van der Waals surface area contributed by atoms with Crippen LogP contribution in [0.5, 0.6) is 0 Å². The van der Waals surface area contributed by atoms with Crippen molar-refractivity contribution in [1.29, 1.82) is 0 Å². The number of benzene rings is 1. The molecule has 0 aliphatic rings. The molecule has 0 saturated heterocycles. The zero-order valence-electron chi connectivity index (χ0n) is 13.1. The summed E-state index contributed by atoms with van der Waals surface area (Å²) in [6.07, 6.45) is 2.62. The zero-order chi connectivity index (χ0) is 14.1. The van der Waals surface area contributed by atoms with Gasteiger partial charge in [-0.15, -0.1) is 0 Å². The Morgan fingerprint density at radius 1 is 1.16 bits per heavy atom. The van der Waals surface area contributed by atoms with Gasteiger partial charge in [0.1, 0.15) is 0 Å². The fourth-order valence-corrected chi connectivity index (χ4v) is 2.19. The molecule has 0 spiro atoms. The zero-order valence-corrected chi connectivity index (χ0v) is 13.1. The van der Waals surface area contributed by atoms with Crippen LogP contribution in [0.25, 0.3) is 0 Å². The maximum absolute atomic E-state index is 3.53. The van der Waals surface area contributed by atoms with Gasteiger partial charge in [0.15, 0.2) is 0 Å². The Morgan fingerprint density at radius 3 is 2.58 bits per heavy atom. The van der Waals surface area contributed by atoms with Gasteiger partial charge in [-0.3, -0.25) is 0 Å². The van der Waals surface area contributed by atoms with Gasteiger partial charge in [-0.25, -0.2) is 0 Å². The molecule has 1 aromatic rings. The third-order valence-electron chi connectivity index (χ3n) is 3.51. The minimum Gasteiger partial charge on any atom is -0.315 e. The Bertz CT molecular complexity index is 347. The summed E-state index contributed by atoms with van der Waals surface area (Å²) in [7, 11) is 2.20. The van der Waals surface area contributed by atoms with Crippen LogP contribution in [0.4, 0.5) is 0 Å². The third-order valence-corrected chi connectivity index (χ3v) is 3.51. The van der Waals surface area contributed by atoms with Crippen molar-refractivity contribution in [2.45, 2.75) is 40.2 Å². The van der Waals surface area contributed by atoms with Crippen LogP contribution in [-0.4, -0.2) is 31.6 Å². The van der Waals surface area contributed by atoms with E-state index in [9.17, 15) is 0 Å². The fraction of sp³-hybridized carbons (Fsp3) is 0.647. The van der Waals surface area contributed by atoms with Crippen molar-refractivity contribution in [3.05, 3.63) is 35.4 Å². The number of rotatable bonds is 9. The largest absolute Gasteiger partial charge is 0.315 e. The van der Waals surface area contributed by atoms with Crippen LogP contribution in [-0.2, 0) is 6.54 Å². The lowest BCUT2D eigenvalue weighted by Crippen LogP contribution is -2.29. The van der Waals surface area contributed by atoms with Gasteiger partial charge in [0.2, 0.25) is 0 Å². The monoisotopic (exact) mass is 262 g/mol. The number of nitrogens with one attached hydrogen (secondary N) is 1. The molecule has 0 unspecified atom stereocenters. The first-order valence-electron chi connectivity index (χ1n) is 7.53. The van der Waals surface area contributed by atoms with E-state index in [-0.39, 0.29) is 0 Å². The van der Waals surface area contributed by atoms with Gasteiger partial charge in [0.25, 0.3) is 0 Å². The fourth-order valence-electron chi connectivity index (χ4n) is 2.19. The molecule has 0 radical (unpaired) electrons. The lowest BCUT2D eigenvalue weighted by Gasteiger charge is -2.18. The lowest BCUT2D eigenvalue weighted by molar-refractivity contribution is 0.323. The normalized spacial score (nSPS) is 11.5. The molecule has 108 valence electrons. The van der Waals surface area contributed by atoms with Gasteiger partial charge in [-0.05, 0) is 50.4 Å². The van der Waals surface area contributed by atoms with Crippen molar-refractivity contribution in [1.82, 2.24) is 10.2 Å². The Labute approximate surface area is 119 Å². The molecule has 0 fully saturated rings. The van der Waals surface area contributed by atoms with Gasteiger partial charge in [0, 0.05) is 19.6 Å². The minimum absolute atomic E-state index is 0.825. The highest BCUT2D eigenvalue weighted by atomic mass is 15.1. The summed E-state index contributed by atoms with van der Waals surface area (Å²) < 4.78 is 0. The summed E-state index contributed by atoms with van der Waals surface area (Å²) in [4.78, 5) is 2.39. The summed E-state index contributed by atoms with van der Waals surface area (Å²) in [6.45, 7) is 11.1. The van der Waals surface area contributed by atoms with Crippen LogP contribution in [0.15, 0.2) is 24.3 Å². The highest BCUT2D eigenvalue weighted by molar-refractivity contribution is 5.25. The molecule has 2 heteroatoms. The highest BCUT2D eigenvalue weighted by Crippen LogP contribution is 2.08. The van der Waals surface area contributed by atoms with E-state index < -0.39 is 0 Å². The lowest BCUT2D eigenvalue weighted by atomic mass is 10.1. The first-order chi connectivity index (χ1) is 9.09. The highest BCUT2D eigenvalue weighted by Gasteiger charge is 2.02. The first kappa shape index (κ1) is 16.2. The van der Waals surface area contributed by atoms with Crippen molar-refractivity contribution >= 4 is 0 Å². The smallest absolute Gasteiger partial charge is 0.0233 e. The van der Waals surface area contributed by atoms with E-state index in [2.05, 4.69) is 62.3 Å². The molecule has 1 rings (SSSR count). The minimum atomic E-state index is 0.825. The predicted molar refractivity (Wildman–Crippen MR) is 84.5 cm³/mol. The van der Waals surface area contributed by atoms with Crippen molar-refractivity contribution in [2.75, 3.05) is 26.7 Å². The summed E-state index contributed by atoms with van der Waals surface area (Å²) in [5, 5.41) is 3.53. The summed E-state index contributed by atoms with van der Waals surface area (Å²) in [5.74, 6) is 0.825. The van der Waals surface area contributed by atoms with Crippen LogP contribution in [0.1, 0.15) is 37.8 Å². The summed E-state index contributed by atoms with van der Waals surface area (Å²) in [5.41, 5.74) is 2.82. The Kier molecular flexibility index (Phi) is 7.76. The molecule has 19 heavy (non-hydrogen) atoms. The quantitative estimate of drug-likeness (QED) is 0.686. The van der Waals surface area contributed by atoms with E-state index in [0.717, 1.165) is 32.1 Å². The molecule has 0 aliphatic heterocycles. The van der Waals surface area contributed by atoms with Crippen LogP contribution in [0.3, 0.4) is 0 Å². The standard InChI is InChI=1S/C17H30N2/c1-15(2)8-7-11-18-12-13-19(4)14-17-10-6-5-9-16(17)3/h5-6,9-10,15,18H,7-8,11-14H2,1-4H3. The first-order valence-corrected chi connectivity index (χ1v) is 7.53. The van der Waals surface area contributed by atoms with E-state index in [1.54, 1.807) is 0 Å². The molecule has 0 amide bonds. The van der Waals surface area contributed by atoms with Gasteiger partial charge in [-0.1, -0.05) is 38.1 Å². The topological polar surface area (TPSA) is 15.3 Å². The van der Waals surface area contributed by atoms with Gasteiger partial charge >= 0.3 is 0 Å². The van der Waals surface area contributed by atoms with Crippen LogP contribution in [0.2, 0.25) is 0 Å². The second-order valence-corrected chi connectivity index (χ2v) is 5.95. The molecule has 0 aliphatic carbocycles. The maximum Gasteiger partial charge on any atom is 0.0233 e. The van der Waals surface area contributed by atoms with Crippen molar-refractivity contribution in [3.8, 4) is 0 Å². The SMILES string of the molecule is Cc1ccccc1CN(C)CCNCCCC(C)C. The average molecular weight is 262 g/mol. The number of aryl methyl sites for hydroxylation is 1. The molecular weight excluding hydrogens is 232 g/mol. The maximum atomic E-state index is 3.53. The Balaban J connectivity index is 2.11. The molecule has 0 atom stereocenters. The van der Waals surface area contributed by atoms with Crippen LogP contribution in [0, 0.1) is 12.8 Å². The summed E-state index contributed by atoms with van der Waals surface area (Å²) in [6, 6.07) is 8.64. The van der Waals surface area contributed by atoms with Gasteiger partial charge < -0.3 is 10.2 Å². The molecule has 0 bridgehead atoms. The molecular formula is C17H30N2. The molecule has 0 saturated carbocycles. The Hall–Kier alpha value is -0.860.